The van der Waals surface area contributed by atoms with Crippen LogP contribution in [0.4, 0.5) is 5.82 Å². The fourth-order valence-electron chi connectivity index (χ4n) is 5.40. The maximum Gasteiger partial charge on any atom is 0.278 e. The molecule has 0 spiro atoms. The van der Waals surface area contributed by atoms with E-state index in [1.165, 1.54) is 0 Å². The van der Waals surface area contributed by atoms with E-state index in [9.17, 15) is 10.1 Å². The minimum absolute atomic E-state index is 0. The highest BCUT2D eigenvalue weighted by molar-refractivity contribution is 5.89. The Bertz CT molecular complexity index is 1700. The normalized spacial score (nSPS) is 15.4. The number of hydrogen-bond donors (Lipinski definition) is 1. The Labute approximate surface area is 226 Å². The van der Waals surface area contributed by atoms with Crippen molar-refractivity contribution in [3.8, 4) is 6.07 Å². The van der Waals surface area contributed by atoms with Crippen molar-refractivity contribution in [1.82, 2.24) is 19.1 Å². The van der Waals surface area contributed by atoms with Gasteiger partial charge in [0.1, 0.15) is 28.5 Å². The molecule has 1 aliphatic heterocycles. The van der Waals surface area contributed by atoms with Crippen LogP contribution in [0.5, 0.6) is 0 Å². The smallest absolute Gasteiger partial charge is 0.278 e. The Kier molecular flexibility index (Phi) is 7.14. The first kappa shape index (κ1) is 25.5. The van der Waals surface area contributed by atoms with Crippen LogP contribution in [-0.2, 0) is 13.1 Å². The molecule has 0 unspecified atom stereocenters. The molecule has 192 valence electrons. The average Bonchev–Trinajstić information content (AvgIpc) is 3.24. The summed E-state index contributed by atoms with van der Waals surface area (Å²) in [4.78, 5) is 25.4. The van der Waals surface area contributed by atoms with Crippen LogP contribution in [0.15, 0.2) is 78.0 Å². The topological polar surface area (TPSA) is 106 Å². The van der Waals surface area contributed by atoms with Gasteiger partial charge in [0.15, 0.2) is 0 Å². The van der Waals surface area contributed by atoms with Crippen LogP contribution in [0.2, 0.25) is 0 Å². The van der Waals surface area contributed by atoms with Gasteiger partial charge in [0.25, 0.3) is 5.56 Å². The molecule has 1 atom stereocenters. The summed E-state index contributed by atoms with van der Waals surface area (Å²) in [6.07, 6.45) is 5.19. The predicted molar refractivity (Wildman–Crippen MR) is 152 cm³/mol. The molecule has 2 aromatic carbocycles. The second-order valence-corrected chi connectivity index (χ2v) is 9.60. The number of rotatable bonds is 5. The Balaban J connectivity index is 0.00000294. The van der Waals surface area contributed by atoms with Crippen molar-refractivity contribution in [2.24, 2.45) is 5.73 Å². The number of pyridine rings is 1. The molecule has 1 fully saturated rings. The molecule has 3 aromatic heterocycles. The molecule has 1 saturated heterocycles. The summed E-state index contributed by atoms with van der Waals surface area (Å²) in [7, 11) is 0. The summed E-state index contributed by atoms with van der Waals surface area (Å²) >= 11 is 0. The zero-order valence-corrected chi connectivity index (χ0v) is 21.6. The highest BCUT2D eigenvalue weighted by Gasteiger charge is 2.28. The van der Waals surface area contributed by atoms with Crippen LogP contribution >= 0.6 is 12.4 Å². The molecule has 0 radical (unpaired) electrons. The van der Waals surface area contributed by atoms with Crippen molar-refractivity contribution in [2.75, 3.05) is 18.0 Å². The molecule has 8 nitrogen and oxygen atoms in total. The van der Waals surface area contributed by atoms with Crippen LogP contribution in [0.25, 0.3) is 21.9 Å². The third-order valence-electron chi connectivity index (χ3n) is 7.11. The molecule has 6 rings (SSSR count). The van der Waals surface area contributed by atoms with Gasteiger partial charge in [-0.05, 0) is 30.0 Å². The summed E-state index contributed by atoms with van der Waals surface area (Å²) < 4.78 is 3.58. The summed E-state index contributed by atoms with van der Waals surface area (Å²) in [5.41, 5.74) is 10.3. The molecule has 5 aromatic rings. The third kappa shape index (κ3) is 4.51. The number of nitrogens with zero attached hydrogens (tertiary/aromatic N) is 6. The molecule has 1 aliphatic rings. The molecule has 0 amide bonds. The Morgan fingerprint density at radius 3 is 2.61 bits per heavy atom. The number of hydrogen-bond acceptors (Lipinski definition) is 6. The number of piperidine rings is 1. The second-order valence-electron chi connectivity index (χ2n) is 9.60. The van der Waals surface area contributed by atoms with Gasteiger partial charge in [-0.15, -0.1) is 12.4 Å². The van der Waals surface area contributed by atoms with Crippen LogP contribution in [-0.4, -0.2) is 38.2 Å². The number of fused-ring (bicyclic) bond motifs is 2. The number of anilines is 1. The van der Waals surface area contributed by atoms with Crippen molar-refractivity contribution in [3.63, 3.8) is 0 Å². The molecular formula is C29H28ClN7O. The van der Waals surface area contributed by atoms with Crippen molar-refractivity contribution < 1.29 is 0 Å². The lowest BCUT2D eigenvalue weighted by atomic mass is 10.1. The minimum Gasteiger partial charge on any atom is -0.355 e. The number of nitrogens with two attached hydrogens (primary N) is 1. The molecular weight excluding hydrogens is 498 g/mol. The molecule has 0 aliphatic carbocycles. The lowest BCUT2D eigenvalue weighted by molar-refractivity contribution is 0.498. The van der Waals surface area contributed by atoms with Gasteiger partial charge in [0.05, 0.1) is 18.4 Å². The first-order valence-electron chi connectivity index (χ1n) is 12.5. The van der Waals surface area contributed by atoms with Crippen LogP contribution in [0, 0.1) is 11.3 Å². The van der Waals surface area contributed by atoms with Crippen molar-refractivity contribution in [3.05, 3.63) is 100 Å². The van der Waals surface area contributed by atoms with Gasteiger partial charge >= 0.3 is 0 Å². The van der Waals surface area contributed by atoms with E-state index in [-0.39, 0.29) is 24.0 Å². The molecule has 9 heteroatoms. The van der Waals surface area contributed by atoms with E-state index in [4.69, 9.17) is 5.73 Å². The van der Waals surface area contributed by atoms with Gasteiger partial charge in [-0.25, -0.2) is 4.98 Å². The van der Waals surface area contributed by atoms with E-state index in [2.05, 4.69) is 20.9 Å². The Morgan fingerprint density at radius 2 is 1.82 bits per heavy atom. The van der Waals surface area contributed by atoms with Crippen molar-refractivity contribution in [2.45, 2.75) is 32.0 Å². The van der Waals surface area contributed by atoms with E-state index in [1.807, 2.05) is 65.2 Å². The number of nitriles is 1. The van der Waals surface area contributed by atoms with Gasteiger partial charge < -0.3 is 15.2 Å². The largest absolute Gasteiger partial charge is 0.355 e. The fourth-order valence-corrected chi connectivity index (χ4v) is 5.40. The summed E-state index contributed by atoms with van der Waals surface area (Å²) in [5.74, 6) is 0.727. The first-order valence-corrected chi connectivity index (χ1v) is 12.5. The van der Waals surface area contributed by atoms with Gasteiger partial charge in [0, 0.05) is 37.3 Å². The van der Waals surface area contributed by atoms with Crippen molar-refractivity contribution in [1.29, 1.82) is 5.26 Å². The molecule has 0 saturated carbocycles. The van der Waals surface area contributed by atoms with Crippen LogP contribution in [0.3, 0.4) is 0 Å². The Morgan fingerprint density at radius 1 is 1.00 bits per heavy atom. The number of para-hydroxylation sites is 1. The van der Waals surface area contributed by atoms with Crippen molar-refractivity contribution >= 4 is 40.2 Å². The molecule has 38 heavy (non-hydrogen) atoms. The van der Waals surface area contributed by atoms with Gasteiger partial charge in [-0.3, -0.25) is 14.3 Å². The zero-order chi connectivity index (χ0) is 25.4. The summed E-state index contributed by atoms with van der Waals surface area (Å²) in [6, 6.07) is 22.2. The van der Waals surface area contributed by atoms with E-state index in [1.54, 1.807) is 17.1 Å². The standard InChI is InChI=1S/C29H27N7O.ClH/c30-15-24-26-27(29(37)35(19-33-26)17-22-10-4-9-21-11-5-13-32-25(21)22)36(16-20-7-2-1-3-8-20)28(24)34-14-6-12-23(31)18-34;/h1-5,7-11,13,19,23H,6,12,14,16-18,31H2;1H/t23-;/m0./s1. The van der Waals surface area contributed by atoms with Gasteiger partial charge in [-0.1, -0.05) is 54.6 Å². The zero-order valence-electron chi connectivity index (χ0n) is 20.8. The second kappa shape index (κ2) is 10.7. The maximum absolute atomic E-state index is 14.0. The maximum atomic E-state index is 14.0. The molecule has 0 bridgehead atoms. The highest BCUT2D eigenvalue weighted by atomic mass is 35.5. The average molecular weight is 526 g/mol. The van der Waals surface area contributed by atoms with Crippen LogP contribution in [0.1, 0.15) is 29.5 Å². The minimum atomic E-state index is -0.182. The quantitative estimate of drug-likeness (QED) is 0.371. The van der Waals surface area contributed by atoms with Gasteiger partial charge in [0.2, 0.25) is 0 Å². The Hall–Kier alpha value is -4.19. The van der Waals surface area contributed by atoms with E-state index >= 15 is 0 Å². The summed E-state index contributed by atoms with van der Waals surface area (Å²) in [5, 5.41) is 11.2. The van der Waals surface area contributed by atoms with E-state index in [0.29, 0.717) is 36.2 Å². The lowest BCUT2D eigenvalue weighted by Crippen LogP contribution is -2.44. The van der Waals surface area contributed by atoms with Crippen LogP contribution < -0.4 is 16.2 Å². The third-order valence-corrected chi connectivity index (χ3v) is 7.11. The monoisotopic (exact) mass is 525 g/mol. The number of aromatic nitrogens is 4. The van der Waals surface area contributed by atoms with E-state index < -0.39 is 0 Å². The lowest BCUT2D eigenvalue weighted by Gasteiger charge is -2.33. The first-order chi connectivity index (χ1) is 18.1. The van der Waals surface area contributed by atoms with Gasteiger partial charge in [-0.2, -0.15) is 5.26 Å². The highest BCUT2D eigenvalue weighted by Crippen LogP contribution is 2.32. The number of halogens is 1. The molecule has 2 N–H and O–H groups in total. The number of benzene rings is 2. The SMILES string of the molecule is Cl.N#Cc1c(N2CCC[C@H](N)C2)n(Cc2ccccc2)c2c(=O)n(Cc3cccc4cccnc34)cnc12. The predicted octanol–water partition coefficient (Wildman–Crippen LogP) is 4.06. The fraction of sp³-hybridized carbons (Fsp3) is 0.241. The summed E-state index contributed by atoms with van der Waals surface area (Å²) in [6.45, 7) is 2.20. The molecule has 4 heterocycles. The van der Waals surface area contributed by atoms with E-state index in [0.717, 1.165) is 47.2 Å².